The molecular weight excluding hydrogens is 517 g/mol. The molecule has 2 aromatic heterocycles. The van der Waals surface area contributed by atoms with Gasteiger partial charge in [0.2, 0.25) is 5.88 Å². The van der Waals surface area contributed by atoms with E-state index in [4.69, 9.17) is 4.74 Å². The number of aliphatic carboxylic acids is 1. The number of carboxylic acid groups (broad SMARTS) is 1. The summed E-state index contributed by atoms with van der Waals surface area (Å²) < 4.78 is 44.7. The third-order valence-corrected chi connectivity index (χ3v) is 6.45. The SMILES string of the molecule is COc1ccc(-c2ccc(CC[C@@H](O)[C@H](CCn3nnc4cc(C(F)(F)F)ccc4c3=O)C(=O)O)cc2)cn1. The van der Waals surface area contributed by atoms with Crippen molar-refractivity contribution < 1.29 is 32.9 Å². The van der Waals surface area contributed by atoms with E-state index in [1.165, 1.54) is 7.11 Å². The van der Waals surface area contributed by atoms with Crippen LogP contribution in [0.5, 0.6) is 5.88 Å². The number of carbonyl (C=O) groups is 1. The highest BCUT2D eigenvalue weighted by atomic mass is 19.4. The average molecular weight is 543 g/mol. The molecule has 0 bridgehead atoms. The molecule has 12 heteroatoms. The minimum absolute atomic E-state index is 0.0701. The van der Waals surface area contributed by atoms with Gasteiger partial charge in [-0.1, -0.05) is 29.5 Å². The first-order chi connectivity index (χ1) is 18.6. The van der Waals surface area contributed by atoms with E-state index in [0.29, 0.717) is 12.3 Å². The Balaban J connectivity index is 1.38. The summed E-state index contributed by atoms with van der Waals surface area (Å²) in [5, 5.41) is 27.6. The Bertz CT molecular complexity index is 1510. The molecule has 204 valence electrons. The molecule has 0 fully saturated rings. The first-order valence-electron chi connectivity index (χ1n) is 12.0. The van der Waals surface area contributed by atoms with E-state index in [2.05, 4.69) is 15.3 Å². The largest absolute Gasteiger partial charge is 0.481 e. The molecule has 0 spiro atoms. The number of aliphatic hydroxyl groups is 1. The topological polar surface area (TPSA) is 127 Å². The first-order valence-corrected chi connectivity index (χ1v) is 12.0. The summed E-state index contributed by atoms with van der Waals surface area (Å²) in [6, 6.07) is 13.8. The number of hydrogen-bond acceptors (Lipinski definition) is 7. The van der Waals surface area contributed by atoms with Gasteiger partial charge in [-0.25, -0.2) is 9.67 Å². The quantitative estimate of drug-likeness (QED) is 0.308. The molecule has 0 aliphatic rings. The molecule has 4 rings (SSSR count). The minimum atomic E-state index is -4.59. The predicted octanol–water partition coefficient (Wildman–Crippen LogP) is 3.97. The number of pyridine rings is 1. The van der Waals surface area contributed by atoms with Gasteiger partial charge in [-0.2, -0.15) is 13.2 Å². The lowest BCUT2D eigenvalue weighted by Gasteiger charge is -2.19. The maximum absolute atomic E-state index is 12.9. The summed E-state index contributed by atoms with van der Waals surface area (Å²) >= 11 is 0. The van der Waals surface area contributed by atoms with Crippen LogP contribution >= 0.6 is 0 Å². The maximum atomic E-state index is 12.9. The van der Waals surface area contributed by atoms with Gasteiger partial charge in [-0.3, -0.25) is 9.59 Å². The van der Waals surface area contributed by atoms with E-state index in [9.17, 15) is 33.0 Å². The lowest BCUT2D eigenvalue weighted by molar-refractivity contribution is -0.146. The van der Waals surface area contributed by atoms with Crippen LogP contribution in [0.15, 0.2) is 65.6 Å². The van der Waals surface area contributed by atoms with Gasteiger partial charge in [0, 0.05) is 24.4 Å². The van der Waals surface area contributed by atoms with Crippen LogP contribution in [-0.4, -0.2) is 49.4 Å². The van der Waals surface area contributed by atoms with Gasteiger partial charge in [-0.05, 0) is 54.7 Å². The smallest absolute Gasteiger partial charge is 0.416 e. The molecule has 39 heavy (non-hydrogen) atoms. The van der Waals surface area contributed by atoms with Crippen molar-refractivity contribution in [1.82, 2.24) is 20.0 Å². The van der Waals surface area contributed by atoms with Crippen LogP contribution < -0.4 is 10.3 Å². The summed E-state index contributed by atoms with van der Waals surface area (Å²) in [7, 11) is 1.54. The third-order valence-electron chi connectivity index (χ3n) is 6.45. The first kappa shape index (κ1) is 27.7. The maximum Gasteiger partial charge on any atom is 0.416 e. The summed E-state index contributed by atoms with van der Waals surface area (Å²) in [6.45, 7) is -0.179. The number of aryl methyl sites for hydroxylation is 2. The fourth-order valence-electron chi connectivity index (χ4n) is 4.19. The number of aromatic nitrogens is 4. The summed E-state index contributed by atoms with van der Waals surface area (Å²) in [5.74, 6) is -1.91. The molecule has 2 heterocycles. The third kappa shape index (κ3) is 6.58. The van der Waals surface area contributed by atoms with Crippen LogP contribution in [0.4, 0.5) is 13.2 Å². The molecule has 2 N–H and O–H groups in total. The Hall–Kier alpha value is -4.32. The number of aliphatic hydroxyl groups excluding tert-OH is 1. The van der Waals surface area contributed by atoms with E-state index in [0.717, 1.165) is 39.6 Å². The van der Waals surface area contributed by atoms with Crippen molar-refractivity contribution in [3.63, 3.8) is 0 Å². The molecule has 9 nitrogen and oxygen atoms in total. The zero-order valence-electron chi connectivity index (χ0n) is 20.8. The second-order valence-corrected chi connectivity index (χ2v) is 8.97. The van der Waals surface area contributed by atoms with Crippen molar-refractivity contribution in [1.29, 1.82) is 0 Å². The van der Waals surface area contributed by atoms with Crippen molar-refractivity contribution in [2.75, 3.05) is 7.11 Å². The monoisotopic (exact) mass is 542 g/mol. The molecule has 0 unspecified atom stereocenters. The van der Waals surface area contributed by atoms with Gasteiger partial charge in [-0.15, -0.1) is 5.10 Å². The Morgan fingerprint density at radius 2 is 1.77 bits per heavy atom. The van der Waals surface area contributed by atoms with Gasteiger partial charge in [0.15, 0.2) is 0 Å². The lowest BCUT2D eigenvalue weighted by atomic mass is 9.93. The number of methoxy groups -OCH3 is 1. The van der Waals surface area contributed by atoms with Gasteiger partial charge in [0.1, 0.15) is 5.52 Å². The number of hydrogen-bond donors (Lipinski definition) is 2. The Morgan fingerprint density at radius 1 is 1.05 bits per heavy atom. The molecule has 2 atom stereocenters. The molecule has 0 amide bonds. The predicted molar refractivity (Wildman–Crippen MR) is 135 cm³/mol. The van der Waals surface area contributed by atoms with Crippen LogP contribution in [0.25, 0.3) is 22.0 Å². The van der Waals surface area contributed by atoms with Crippen LogP contribution in [0.1, 0.15) is 24.0 Å². The number of ether oxygens (including phenoxy) is 1. The highest BCUT2D eigenvalue weighted by Gasteiger charge is 2.31. The normalized spacial score (nSPS) is 13.3. The average Bonchev–Trinajstić information content (AvgIpc) is 2.92. The summed E-state index contributed by atoms with van der Waals surface area (Å²) in [6.07, 6.45) is -3.64. The van der Waals surface area contributed by atoms with E-state index in [1.54, 1.807) is 12.3 Å². The highest BCUT2D eigenvalue weighted by Crippen LogP contribution is 2.30. The second kappa shape index (κ2) is 11.6. The van der Waals surface area contributed by atoms with Crippen molar-refractivity contribution in [2.24, 2.45) is 5.92 Å². The van der Waals surface area contributed by atoms with E-state index in [1.807, 2.05) is 30.3 Å². The molecule has 0 aliphatic carbocycles. The fraction of sp³-hybridized carbons (Fsp3) is 0.296. The highest BCUT2D eigenvalue weighted by molar-refractivity contribution is 5.77. The molecule has 0 aliphatic heterocycles. The van der Waals surface area contributed by atoms with Crippen molar-refractivity contribution in [3.8, 4) is 17.0 Å². The zero-order chi connectivity index (χ0) is 28.2. The van der Waals surface area contributed by atoms with Crippen LogP contribution in [0.2, 0.25) is 0 Å². The number of nitrogens with zero attached hydrogens (tertiary/aromatic N) is 4. The van der Waals surface area contributed by atoms with Crippen molar-refractivity contribution >= 4 is 16.9 Å². The number of benzene rings is 2. The standard InChI is InChI=1S/C27H25F3N4O5/c1-39-24-11-7-18(15-31-24)17-5-2-16(3-6-17)4-10-23(35)21(26(37)38)12-13-34-25(36)20-9-8-19(27(28,29)30)14-22(20)32-33-34/h2-3,5-9,11,14-15,21,23,35H,4,10,12-13H2,1H3,(H,37,38)/t21-,23+/m0/s1. The Kier molecular flexibility index (Phi) is 8.24. The summed E-state index contributed by atoms with van der Waals surface area (Å²) in [5.41, 5.74) is 0.881. The van der Waals surface area contributed by atoms with E-state index < -0.39 is 35.3 Å². The van der Waals surface area contributed by atoms with Gasteiger partial charge >= 0.3 is 12.1 Å². The number of carboxylic acids is 1. The van der Waals surface area contributed by atoms with Crippen molar-refractivity contribution in [3.05, 3.63) is 82.3 Å². The molecule has 2 aromatic carbocycles. The minimum Gasteiger partial charge on any atom is -0.481 e. The molecule has 0 saturated heterocycles. The number of halogens is 3. The lowest BCUT2D eigenvalue weighted by Crippen LogP contribution is -2.32. The van der Waals surface area contributed by atoms with Crippen LogP contribution in [0.3, 0.4) is 0 Å². The Morgan fingerprint density at radius 3 is 2.38 bits per heavy atom. The van der Waals surface area contributed by atoms with Gasteiger partial charge < -0.3 is 14.9 Å². The molecule has 0 saturated carbocycles. The molecule has 4 aromatic rings. The number of alkyl halides is 3. The fourth-order valence-corrected chi connectivity index (χ4v) is 4.19. The number of rotatable bonds is 10. The summed E-state index contributed by atoms with van der Waals surface area (Å²) in [4.78, 5) is 28.7. The Labute approximate surface area is 220 Å². The zero-order valence-corrected chi connectivity index (χ0v) is 20.8. The second-order valence-electron chi connectivity index (χ2n) is 8.97. The van der Waals surface area contributed by atoms with E-state index >= 15 is 0 Å². The van der Waals surface area contributed by atoms with Gasteiger partial charge in [0.05, 0.1) is 30.1 Å². The van der Waals surface area contributed by atoms with Crippen LogP contribution in [0, 0.1) is 5.92 Å². The van der Waals surface area contributed by atoms with Crippen molar-refractivity contribution in [2.45, 2.75) is 38.1 Å². The van der Waals surface area contributed by atoms with E-state index in [-0.39, 0.29) is 30.3 Å². The molecule has 0 radical (unpaired) electrons. The molecular formula is C27H25F3N4O5. The van der Waals surface area contributed by atoms with Crippen LogP contribution in [-0.2, 0) is 23.9 Å². The number of fused-ring (bicyclic) bond motifs is 1. The van der Waals surface area contributed by atoms with Gasteiger partial charge in [0.25, 0.3) is 5.56 Å².